The van der Waals surface area contributed by atoms with Gasteiger partial charge in [0.05, 0.1) is 23.4 Å². The summed E-state index contributed by atoms with van der Waals surface area (Å²) in [5.41, 5.74) is 9.85. The second-order valence-electron chi connectivity index (χ2n) is 4.50. The molecule has 0 aliphatic rings. The number of thiazole rings is 2. The predicted molar refractivity (Wildman–Crippen MR) is 78.3 cm³/mol. The molecule has 0 aromatic carbocycles. The lowest BCUT2D eigenvalue weighted by Gasteiger charge is -2.13. The Morgan fingerprint density at radius 3 is 2.72 bits per heavy atom. The van der Waals surface area contributed by atoms with Crippen LogP contribution in [0.1, 0.15) is 36.0 Å². The Kier molecular flexibility index (Phi) is 4.31. The van der Waals surface area contributed by atoms with Crippen molar-refractivity contribution < 1.29 is 0 Å². The van der Waals surface area contributed by atoms with Crippen LogP contribution in [0.2, 0.25) is 0 Å². The van der Waals surface area contributed by atoms with Crippen molar-refractivity contribution in [2.75, 3.05) is 11.9 Å². The molecule has 0 radical (unpaired) electrons. The Morgan fingerprint density at radius 2 is 2.22 bits per heavy atom. The quantitative estimate of drug-likeness (QED) is 0.916. The van der Waals surface area contributed by atoms with E-state index in [1.54, 1.807) is 22.7 Å². The van der Waals surface area contributed by atoms with Crippen molar-refractivity contribution in [3.05, 3.63) is 27.2 Å². The molecule has 0 saturated heterocycles. The molecule has 4 nitrogen and oxygen atoms in total. The monoisotopic (exact) mass is 282 g/mol. The molecule has 0 bridgehead atoms. The van der Waals surface area contributed by atoms with Gasteiger partial charge in [-0.2, -0.15) is 0 Å². The highest BCUT2D eigenvalue weighted by Crippen LogP contribution is 2.30. The fraction of sp³-hybridized carbons (Fsp3) is 0.500. The fourth-order valence-corrected chi connectivity index (χ4v) is 3.34. The summed E-state index contributed by atoms with van der Waals surface area (Å²) in [7, 11) is 2.04. The van der Waals surface area contributed by atoms with Crippen LogP contribution in [0.3, 0.4) is 0 Å². The average Bonchev–Trinajstić information content (AvgIpc) is 2.96. The minimum atomic E-state index is 0.418. The van der Waals surface area contributed by atoms with Gasteiger partial charge in [0, 0.05) is 23.8 Å². The summed E-state index contributed by atoms with van der Waals surface area (Å²) in [6.07, 6.45) is 0. The Bertz CT molecular complexity index is 490. The molecule has 18 heavy (non-hydrogen) atoms. The molecule has 0 fully saturated rings. The lowest BCUT2D eigenvalue weighted by molar-refractivity contribution is 0.803. The first-order chi connectivity index (χ1) is 8.61. The van der Waals surface area contributed by atoms with Gasteiger partial charge in [0.25, 0.3) is 0 Å². The number of hydrogen-bond acceptors (Lipinski definition) is 6. The van der Waals surface area contributed by atoms with E-state index in [0.29, 0.717) is 12.5 Å². The Hall–Kier alpha value is -0.980. The van der Waals surface area contributed by atoms with Gasteiger partial charge >= 0.3 is 0 Å². The van der Waals surface area contributed by atoms with E-state index in [-0.39, 0.29) is 0 Å². The molecule has 0 spiro atoms. The van der Waals surface area contributed by atoms with Gasteiger partial charge in [-0.3, -0.25) is 0 Å². The maximum Gasteiger partial charge on any atom is 0.185 e. The third-order valence-electron chi connectivity index (χ3n) is 2.66. The predicted octanol–water partition coefficient (Wildman–Crippen LogP) is 2.82. The summed E-state index contributed by atoms with van der Waals surface area (Å²) in [6, 6.07) is 0. The van der Waals surface area contributed by atoms with Crippen molar-refractivity contribution in [3.8, 4) is 0 Å². The van der Waals surface area contributed by atoms with E-state index in [0.717, 1.165) is 23.1 Å². The van der Waals surface area contributed by atoms with E-state index in [1.807, 2.05) is 12.6 Å². The molecule has 0 unspecified atom stereocenters. The lowest BCUT2D eigenvalue weighted by Crippen LogP contribution is -2.16. The summed E-state index contributed by atoms with van der Waals surface area (Å²) in [5, 5.41) is 3.09. The molecule has 98 valence electrons. The van der Waals surface area contributed by atoms with E-state index >= 15 is 0 Å². The normalized spacial score (nSPS) is 11.2. The van der Waals surface area contributed by atoms with Crippen LogP contribution in [0.5, 0.6) is 0 Å². The molecule has 0 amide bonds. The highest BCUT2D eigenvalue weighted by Gasteiger charge is 2.15. The Labute approximate surface area is 115 Å². The standard InChI is InChI=1S/C12H18N4S2/c1-8(2)11-10(4-13)18-12(15-11)16(3)5-9-6-17-7-14-9/h6-8H,4-5,13H2,1-3H3. The first-order valence-electron chi connectivity index (χ1n) is 5.89. The molecule has 2 aromatic rings. The molecule has 2 rings (SSSR count). The minimum absolute atomic E-state index is 0.418. The maximum atomic E-state index is 5.78. The Balaban J connectivity index is 2.17. The summed E-state index contributed by atoms with van der Waals surface area (Å²) in [6.45, 7) is 5.66. The van der Waals surface area contributed by atoms with Crippen LogP contribution in [0.15, 0.2) is 10.9 Å². The molecule has 2 aromatic heterocycles. The van der Waals surface area contributed by atoms with Gasteiger partial charge in [0.15, 0.2) is 5.13 Å². The summed E-state index contributed by atoms with van der Waals surface area (Å²) in [4.78, 5) is 12.3. The number of rotatable bonds is 5. The molecule has 2 heterocycles. The molecular formula is C12H18N4S2. The van der Waals surface area contributed by atoms with Crippen LogP contribution in [-0.2, 0) is 13.1 Å². The number of hydrogen-bond donors (Lipinski definition) is 1. The van der Waals surface area contributed by atoms with Crippen molar-refractivity contribution in [2.24, 2.45) is 5.73 Å². The Morgan fingerprint density at radius 1 is 1.44 bits per heavy atom. The first-order valence-corrected chi connectivity index (χ1v) is 7.65. The molecule has 2 N–H and O–H groups in total. The summed E-state index contributed by atoms with van der Waals surface area (Å²) < 4.78 is 0. The van der Waals surface area contributed by atoms with Gasteiger partial charge in [-0.25, -0.2) is 9.97 Å². The van der Waals surface area contributed by atoms with Crippen molar-refractivity contribution >= 4 is 27.8 Å². The van der Waals surface area contributed by atoms with Crippen molar-refractivity contribution in [2.45, 2.75) is 32.9 Å². The molecule has 0 aliphatic carbocycles. The lowest BCUT2D eigenvalue weighted by atomic mass is 10.1. The second kappa shape index (κ2) is 5.77. The zero-order chi connectivity index (χ0) is 13.1. The molecular weight excluding hydrogens is 264 g/mol. The SMILES string of the molecule is CC(C)c1nc(N(C)Cc2cscn2)sc1CN. The molecule has 0 saturated carbocycles. The van der Waals surface area contributed by atoms with E-state index in [1.165, 1.54) is 4.88 Å². The van der Waals surface area contributed by atoms with Gasteiger partial charge in [0.1, 0.15) is 0 Å². The van der Waals surface area contributed by atoms with Gasteiger partial charge in [-0.05, 0) is 5.92 Å². The number of anilines is 1. The van der Waals surface area contributed by atoms with Gasteiger partial charge in [-0.1, -0.05) is 13.8 Å². The number of nitrogens with two attached hydrogens (primary N) is 1. The van der Waals surface area contributed by atoms with Crippen molar-refractivity contribution in [3.63, 3.8) is 0 Å². The number of nitrogens with zero attached hydrogens (tertiary/aromatic N) is 3. The van der Waals surface area contributed by atoms with E-state index in [4.69, 9.17) is 10.7 Å². The smallest absolute Gasteiger partial charge is 0.185 e. The van der Waals surface area contributed by atoms with Crippen LogP contribution in [0.25, 0.3) is 0 Å². The molecule has 0 aliphatic heterocycles. The third kappa shape index (κ3) is 2.88. The molecule has 6 heteroatoms. The van der Waals surface area contributed by atoms with Gasteiger partial charge in [-0.15, -0.1) is 22.7 Å². The van der Waals surface area contributed by atoms with Gasteiger partial charge in [0.2, 0.25) is 0 Å². The van der Waals surface area contributed by atoms with Crippen molar-refractivity contribution in [1.29, 1.82) is 0 Å². The largest absolute Gasteiger partial charge is 0.345 e. The summed E-state index contributed by atoms with van der Waals surface area (Å²) in [5.74, 6) is 0.418. The minimum Gasteiger partial charge on any atom is -0.345 e. The van der Waals surface area contributed by atoms with Crippen LogP contribution in [0.4, 0.5) is 5.13 Å². The van der Waals surface area contributed by atoms with Crippen LogP contribution < -0.4 is 10.6 Å². The zero-order valence-electron chi connectivity index (χ0n) is 10.9. The van der Waals surface area contributed by atoms with Crippen molar-refractivity contribution in [1.82, 2.24) is 9.97 Å². The fourth-order valence-electron chi connectivity index (χ4n) is 1.74. The second-order valence-corrected chi connectivity index (χ2v) is 6.28. The highest BCUT2D eigenvalue weighted by atomic mass is 32.1. The van der Waals surface area contributed by atoms with E-state index < -0.39 is 0 Å². The average molecular weight is 282 g/mol. The van der Waals surface area contributed by atoms with E-state index in [2.05, 4.69) is 29.1 Å². The number of aromatic nitrogens is 2. The maximum absolute atomic E-state index is 5.78. The highest BCUT2D eigenvalue weighted by molar-refractivity contribution is 7.15. The summed E-state index contributed by atoms with van der Waals surface area (Å²) >= 11 is 3.30. The third-order valence-corrected chi connectivity index (χ3v) is 4.50. The topological polar surface area (TPSA) is 55.0 Å². The van der Waals surface area contributed by atoms with Crippen LogP contribution in [0, 0.1) is 0 Å². The molecule has 0 atom stereocenters. The van der Waals surface area contributed by atoms with Crippen LogP contribution in [-0.4, -0.2) is 17.0 Å². The van der Waals surface area contributed by atoms with Gasteiger partial charge < -0.3 is 10.6 Å². The zero-order valence-corrected chi connectivity index (χ0v) is 12.5. The van der Waals surface area contributed by atoms with Crippen LogP contribution >= 0.6 is 22.7 Å². The first kappa shape index (κ1) is 13.5. The van der Waals surface area contributed by atoms with E-state index in [9.17, 15) is 0 Å².